The fourth-order valence-electron chi connectivity index (χ4n) is 1.93. The second-order valence-electron chi connectivity index (χ2n) is 5.26. The highest BCUT2D eigenvalue weighted by Gasteiger charge is 2.35. The molecular weight excluding hydrogens is 250 g/mol. The van der Waals surface area contributed by atoms with Gasteiger partial charge in [0.05, 0.1) is 12.3 Å². The van der Waals surface area contributed by atoms with E-state index < -0.39 is 10.0 Å². The molecule has 0 spiro atoms. The third-order valence-electron chi connectivity index (χ3n) is 2.72. The first-order valence-corrected chi connectivity index (χ1v) is 7.32. The fourth-order valence-corrected chi connectivity index (χ4v) is 3.35. The second-order valence-corrected chi connectivity index (χ2v) is 6.83. The molecule has 1 heterocycles. The van der Waals surface area contributed by atoms with Crippen molar-refractivity contribution in [3.8, 4) is 5.75 Å². The van der Waals surface area contributed by atoms with E-state index in [9.17, 15) is 8.42 Å². The Bertz CT molecular complexity index is 610. The summed E-state index contributed by atoms with van der Waals surface area (Å²) in [7, 11) is -3.57. The molecule has 0 unspecified atom stereocenters. The van der Waals surface area contributed by atoms with Crippen molar-refractivity contribution in [2.75, 3.05) is 6.61 Å². The van der Waals surface area contributed by atoms with Crippen LogP contribution in [0.25, 0.3) is 0 Å². The van der Waals surface area contributed by atoms with Gasteiger partial charge in [0.25, 0.3) is 10.0 Å². The Hall–Kier alpha value is -1.36. The van der Waals surface area contributed by atoms with E-state index in [0.29, 0.717) is 23.6 Å². The monoisotopic (exact) mass is 267 g/mol. The van der Waals surface area contributed by atoms with Crippen LogP contribution in [0.2, 0.25) is 0 Å². The molecule has 2 rings (SSSR count). The lowest BCUT2D eigenvalue weighted by Crippen LogP contribution is -2.19. The highest BCUT2D eigenvalue weighted by atomic mass is 32.2. The molecule has 4 nitrogen and oxygen atoms in total. The van der Waals surface area contributed by atoms with Crippen molar-refractivity contribution in [2.45, 2.75) is 32.6 Å². The predicted molar refractivity (Wildman–Crippen MR) is 70.8 cm³/mol. The Morgan fingerprint density at radius 1 is 1.28 bits per heavy atom. The van der Waals surface area contributed by atoms with Gasteiger partial charge in [-0.25, -0.2) is 0 Å². The molecule has 0 fully saturated rings. The molecule has 0 radical (unpaired) electrons. The molecule has 0 saturated carbocycles. The van der Waals surface area contributed by atoms with E-state index in [-0.39, 0.29) is 10.3 Å². The van der Waals surface area contributed by atoms with Crippen molar-refractivity contribution in [3.05, 3.63) is 23.8 Å². The summed E-state index contributed by atoms with van der Waals surface area (Å²) in [5, 5.41) is 0. The molecular formula is C13H17NO3S. The third kappa shape index (κ3) is 2.14. The van der Waals surface area contributed by atoms with E-state index in [4.69, 9.17) is 4.74 Å². The van der Waals surface area contributed by atoms with Gasteiger partial charge < -0.3 is 4.74 Å². The van der Waals surface area contributed by atoms with Crippen LogP contribution in [0.4, 0.5) is 0 Å². The third-order valence-corrected chi connectivity index (χ3v) is 4.04. The zero-order valence-corrected chi connectivity index (χ0v) is 11.8. The van der Waals surface area contributed by atoms with Gasteiger partial charge in [-0.1, -0.05) is 20.8 Å². The van der Waals surface area contributed by atoms with Crippen molar-refractivity contribution >= 4 is 15.7 Å². The standard InChI is InChI=1S/C13H17NO3S/c1-5-17-9-6-7-10-11(8-9)18(15,16)14-12(10)13(2,3)4/h6-8H,5H2,1-4H3. The van der Waals surface area contributed by atoms with Crippen molar-refractivity contribution in [2.24, 2.45) is 9.81 Å². The van der Waals surface area contributed by atoms with Crippen LogP contribution < -0.4 is 4.74 Å². The predicted octanol–water partition coefficient (Wildman–Crippen LogP) is 2.62. The highest BCUT2D eigenvalue weighted by molar-refractivity contribution is 7.90. The number of hydrogen-bond donors (Lipinski definition) is 0. The van der Waals surface area contributed by atoms with Crippen LogP contribution >= 0.6 is 0 Å². The highest BCUT2D eigenvalue weighted by Crippen LogP contribution is 2.35. The van der Waals surface area contributed by atoms with Crippen LogP contribution in [0.5, 0.6) is 5.75 Å². The summed E-state index contributed by atoms with van der Waals surface area (Å²) >= 11 is 0. The van der Waals surface area contributed by atoms with E-state index in [1.807, 2.05) is 27.7 Å². The van der Waals surface area contributed by atoms with Gasteiger partial charge in [0, 0.05) is 17.0 Å². The zero-order chi connectivity index (χ0) is 13.6. The van der Waals surface area contributed by atoms with Gasteiger partial charge in [0.1, 0.15) is 10.6 Å². The summed E-state index contributed by atoms with van der Waals surface area (Å²) in [5.41, 5.74) is 0.998. The molecule has 0 amide bonds. The van der Waals surface area contributed by atoms with E-state index >= 15 is 0 Å². The van der Waals surface area contributed by atoms with Crippen LogP contribution in [-0.2, 0) is 10.0 Å². The molecule has 98 valence electrons. The minimum Gasteiger partial charge on any atom is -0.494 e. The largest absolute Gasteiger partial charge is 0.494 e. The molecule has 0 saturated heterocycles. The van der Waals surface area contributed by atoms with Gasteiger partial charge in [-0.3, -0.25) is 0 Å². The van der Waals surface area contributed by atoms with Gasteiger partial charge in [-0.05, 0) is 19.1 Å². The molecule has 1 aromatic rings. The average molecular weight is 267 g/mol. The second kappa shape index (κ2) is 4.09. The SMILES string of the molecule is CCOc1ccc2c(c1)S(=O)(=O)N=C2C(C)(C)C. The topological polar surface area (TPSA) is 55.7 Å². The fraction of sp³-hybridized carbons (Fsp3) is 0.462. The van der Waals surface area contributed by atoms with Crippen LogP contribution in [0.3, 0.4) is 0 Å². The lowest BCUT2D eigenvalue weighted by molar-refractivity contribution is 0.339. The number of ether oxygens (including phenoxy) is 1. The molecule has 1 aromatic carbocycles. The molecule has 5 heteroatoms. The minimum absolute atomic E-state index is 0.248. The lowest BCUT2D eigenvalue weighted by Gasteiger charge is -2.18. The number of fused-ring (bicyclic) bond motifs is 1. The molecule has 18 heavy (non-hydrogen) atoms. The molecule has 0 N–H and O–H groups in total. The zero-order valence-electron chi connectivity index (χ0n) is 11.0. The molecule has 0 aliphatic carbocycles. The average Bonchev–Trinajstić information content (AvgIpc) is 2.51. The molecule has 1 aliphatic heterocycles. The van der Waals surface area contributed by atoms with Crippen molar-refractivity contribution in [1.82, 2.24) is 0 Å². The number of rotatable bonds is 2. The summed E-state index contributed by atoms with van der Waals surface area (Å²) in [4.78, 5) is 0.248. The van der Waals surface area contributed by atoms with Crippen LogP contribution in [0, 0.1) is 5.41 Å². The Morgan fingerprint density at radius 3 is 2.50 bits per heavy atom. The molecule has 0 bridgehead atoms. The maximum Gasteiger partial charge on any atom is 0.283 e. The molecule has 1 aliphatic rings. The summed E-state index contributed by atoms with van der Waals surface area (Å²) in [6, 6.07) is 5.11. The van der Waals surface area contributed by atoms with E-state index in [0.717, 1.165) is 0 Å². The quantitative estimate of drug-likeness (QED) is 0.827. The summed E-state index contributed by atoms with van der Waals surface area (Å²) in [5.74, 6) is 0.560. The maximum atomic E-state index is 12.0. The Balaban J connectivity index is 2.60. The first-order chi connectivity index (χ1) is 8.25. The summed E-state index contributed by atoms with van der Waals surface area (Å²) in [6.45, 7) is 8.22. The van der Waals surface area contributed by atoms with E-state index in [1.165, 1.54) is 0 Å². The van der Waals surface area contributed by atoms with Gasteiger partial charge in [-0.2, -0.15) is 12.8 Å². The first kappa shape index (κ1) is 13.1. The lowest BCUT2D eigenvalue weighted by atomic mass is 9.86. The van der Waals surface area contributed by atoms with E-state index in [2.05, 4.69) is 4.40 Å². The number of nitrogens with zero attached hydrogens (tertiary/aromatic N) is 1. The van der Waals surface area contributed by atoms with Gasteiger partial charge >= 0.3 is 0 Å². The molecule has 0 atom stereocenters. The summed E-state index contributed by atoms with van der Waals surface area (Å²) in [6.07, 6.45) is 0. The number of sulfonamides is 1. The van der Waals surface area contributed by atoms with Crippen molar-refractivity contribution in [1.29, 1.82) is 0 Å². The van der Waals surface area contributed by atoms with Crippen LogP contribution in [0.15, 0.2) is 27.5 Å². The Morgan fingerprint density at radius 2 is 1.94 bits per heavy atom. The molecule has 0 aromatic heterocycles. The normalized spacial score (nSPS) is 17.2. The maximum absolute atomic E-state index is 12.0. The minimum atomic E-state index is -3.57. The Kier molecular flexibility index (Phi) is 2.97. The Labute approximate surface area is 108 Å². The first-order valence-electron chi connectivity index (χ1n) is 5.88. The van der Waals surface area contributed by atoms with Crippen molar-refractivity contribution < 1.29 is 13.2 Å². The smallest absolute Gasteiger partial charge is 0.283 e. The van der Waals surface area contributed by atoms with E-state index in [1.54, 1.807) is 18.2 Å². The van der Waals surface area contributed by atoms with Crippen LogP contribution in [-0.4, -0.2) is 20.7 Å². The number of hydrogen-bond acceptors (Lipinski definition) is 3. The van der Waals surface area contributed by atoms with Crippen molar-refractivity contribution in [3.63, 3.8) is 0 Å². The van der Waals surface area contributed by atoms with Gasteiger partial charge in [-0.15, -0.1) is 0 Å². The number of benzene rings is 1. The van der Waals surface area contributed by atoms with Gasteiger partial charge in [0.15, 0.2) is 0 Å². The van der Waals surface area contributed by atoms with Crippen LogP contribution in [0.1, 0.15) is 33.3 Å². The summed E-state index contributed by atoms with van der Waals surface area (Å²) < 4.78 is 33.3. The van der Waals surface area contributed by atoms with Gasteiger partial charge in [0.2, 0.25) is 0 Å².